The van der Waals surface area contributed by atoms with E-state index in [1.165, 1.54) is 19.3 Å². The molecule has 2 fully saturated rings. The number of aryl methyl sites for hydroxylation is 1. The van der Waals surface area contributed by atoms with Crippen molar-refractivity contribution < 1.29 is 9.53 Å². The summed E-state index contributed by atoms with van der Waals surface area (Å²) in [7, 11) is 0. The van der Waals surface area contributed by atoms with E-state index in [2.05, 4.69) is 14.8 Å². The lowest BCUT2D eigenvalue weighted by Gasteiger charge is -2.36. The number of hydrogen-bond donors (Lipinski definition) is 0. The van der Waals surface area contributed by atoms with Crippen LogP contribution in [0.25, 0.3) is 0 Å². The number of anilines is 2. The highest BCUT2D eigenvalue weighted by Gasteiger charge is 2.23. The number of rotatable bonds is 6. The maximum atomic E-state index is 12.5. The van der Waals surface area contributed by atoms with Gasteiger partial charge in [0.15, 0.2) is 0 Å². The third kappa shape index (κ3) is 5.27. The molecular weight excluding hydrogens is 378 g/mol. The van der Waals surface area contributed by atoms with Crippen molar-refractivity contribution in [3.05, 3.63) is 47.7 Å². The summed E-state index contributed by atoms with van der Waals surface area (Å²) < 4.78 is 5.61. The molecule has 30 heavy (non-hydrogen) atoms. The van der Waals surface area contributed by atoms with Gasteiger partial charge in [-0.25, -0.2) is 4.98 Å². The summed E-state index contributed by atoms with van der Waals surface area (Å²) in [4.78, 5) is 28.5. The monoisotopic (exact) mass is 409 g/mol. The van der Waals surface area contributed by atoms with Crippen molar-refractivity contribution in [2.24, 2.45) is 0 Å². The van der Waals surface area contributed by atoms with E-state index in [0.29, 0.717) is 19.7 Å². The smallest absolute Gasteiger partial charge is 0.248 e. The number of ether oxygens (including phenoxy) is 1. The fourth-order valence-corrected chi connectivity index (χ4v) is 4.04. The standard InChI is InChI=1S/C23H31N5O2/c1-19-16-21(25-23(24-19)28-10-6-3-7-11-28)26-12-14-27(15-13-26)22(29)18-30-17-20-8-4-2-5-9-20/h2,4-5,8-9,16H,3,6-7,10-15,17-18H2,1H3. The van der Waals surface area contributed by atoms with E-state index in [1.54, 1.807) is 0 Å². The first-order chi connectivity index (χ1) is 14.7. The minimum Gasteiger partial charge on any atom is -0.367 e. The van der Waals surface area contributed by atoms with E-state index in [4.69, 9.17) is 9.72 Å². The zero-order chi connectivity index (χ0) is 20.8. The zero-order valence-corrected chi connectivity index (χ0v) is 17.8. The number of piperidine rings is 1. The average Bonchev–Trinajstić information content (AvgIpc) is 2.80. The molecule has 0 unspecified atom stereocenters. The Morgan fingerprint density at radius 3 is 2.40 bits per heavy atom. The highest BCUT2D eigenvalue weighted by molar-refractivity contribution is 5.77. The number of amides is 1. The number of carbonyl (C=O) groups is 1. The molecular formula is C23H31N5O2. The van der Waals surface area contributed by atoms with Crippen molar-refractivity contribution >= 4 is 17.7 Å². The Morgan fingerprint density at radius 2 is 1.67 bits per heavy atom. The Balaban J connectivity index is 1.28. The summed E-state index contributed by atoms with van der Waals surface area (Å²) in [6.07, 6.45) is 3.71. The molecule has 0 saturated carbocycles. The van der Waals surface area contributed by atoms with Crippen LogP contribution in [0.1, 0.15) is 30.5 Å². The third-order valence-electron chi connectivity index (χ3n) is 5.76. The maximum Gasteiger partial charge on any atom is 0.248 e. The van der Waals surface area contributed by atoms with Crippen molar-refractivity contribution in [1.29, 1.82) is 0 Å². The average molecular weight is 410 g/mol. The topological polar surface area (TPSA) is 61.8 Å². The van der Waals surface area contributed by atoms with Gasteiger partial charge in [0.2, 0.25) is 11.9 Å². The Kier molecular flexibility index (Phi) is 6.79. The molecule has 3 heterocycles. The first kappa shape index (κ1) is 20.6. The third-order valence-corrected chi connectivity index (χ3v) is 5.76. The Morgan fingerprint density at radius 1 is 0.933 bits per heavy atom. The lowest BCUT2D eigenvalue weighted by molar-refractivity contribution is -0.136. The van der Waals surface area contributed by atoms with Crippen molar-refractivity contribution in [3.63, 3.8) is 0 Å². The predicted molar refractivity (Wildman–Crippen MR) is 118 cm³/mol. The number of hydrogen-bond acceptors (Lipinski definition) is 6. The van der Waals surface area contributed by atoms with Gasteiger partial charge in [-0.1, -0.05) is 30.3 Å². The second-order valence-corrected chi connectivity index (χ2v) is 8.06. The van der Waals surface area contributed by atoms with E-state index in [9.17, 15) is 4.79 Å². The van der Waals surface area contributed by atoms with Gasteiger partial charge in [-0.2, -0.15) is 4.98 Å². The normalized spacial score (nSPS) is 17.3. The van der Waals surface area contributed by atoms with E-state index < -0.39 is 0 Å². The van der Waals surface area contributed by atoms with Crippen molar-refractivity contribution in [1.82, 2.24) is 14.9 Å². The number of nitrogens with zero attached hydrogens (tertiary/aromatic N) is 5. The summed E-state index contributed by atoms with van der Waals surface area (Å²) in [5, 5.41) is 0. The summed E-state index contributed by atoms with van der Waals surface area (Å²) in [5.74, 6) is 1.87. The lowest BCUT2D eigenvalue weighted by atomic mass is 10.1. The van der Waals surface area contributed by atoms with Crippen LogP contribution in [-0.2, 0) is 16.1 Å². The molecule has 0 aliphatic carbocycles. The Labute approximate surface area is 178 Å². The van der Waals surface area contributed by atoms with Gasteiger partial charge in [-0.05, 0) is 31.7 Å². The predicted octanol–water partition coefficient (Wildman–Crippen LogP) is 2.64. The van der Waals surface area contributed by atoms with Crippen LogP contribution in [0.15, 0.2) is 36.4 Å². The van der Waals surface area contributed by atoms with Crippen LogP contribution in [0.5, 0.6) is 0 Å². The molecule has 0 atom stereocenters. The summed E-state index contributed by atoms with van der Waals surface area (Å²) in [6, 6.07) is 12.0. The highest BCUT2D eigenvalue weighted by Crippen LogP contribution is 2.21. The largest absolute Gasteiger partial charge is 0.367 e. The molecule has 0 spiro atoms. The molecule has 2 aliphatic heterocycles. The van der Waals surface area contributed by atoms with Gasteiger partial charge in [-0.15, -0.1) is 0 Å². The van der Waals surface area contributed by atoms with Gasteiger partial charge < -0.3 is 19.4 Å². The number of piperazine rings is 1. The van der Waals surface area contributed by atoms with Gasteiger partial charge in [0, 0.05) is 51.0 Å². The number of aromatic nitrogens is 2. The minimum absolute atomic E-state index is 0.0541. The van der Waals surface area contributed by atoms with E-state index in [-0.39, 0.29) is 12.5 Å². The summed E-state index contributed by atoms with van der Waals surface area (Å²) in [6.45, 7) is 7.63. The Bertz CT molecular complexity index is 831. The maximum absolute atomic E-state index is 12.5. The first-order valence-electron chi connectivity index (χ1n) is 10.9. The zero-order valence-electron chi connectivity index (χ0n) is 17.8. The van der Waals surface area contributed by atoms with Crippen LogP contribution in [-0.4, -0.2) is 66.7 Å². The fourth-order valence-electron chi connectivity index (χ4n) is 4.04. The van der Waals surface area contributed by atoms with E-state index >= 15 is 0 Å². The minimum atomic E-state index is 0.0541. The second kappa shape index (κ2) is 9.89. The molecule has 1 aromatic heterocycles. The highest BCUT2D eigenvalue weighted by atomic mass is 16.5. The quantitative estimate of drug-likeness (QED) is 0.731. The summed E-state index contributed by atoms with van der Waals surface area (Å²) in [5.41, 5.74) is 2.08. The summed E-state index contributed by atoms with van der Waals surface area (Å²) >= 11 is 0. The molecule has 1 aromatic carbocycles. The molecule has 1 amide bonds. The molecule has 4 rings (SSSR count). The fraction of sp³-hybridized carbons (Fsp3) is 0.522. The van der Waals surface area contributed by atoms with Crippen molar-refractivity contribution in [3.8, 4) is 0 Å². The molecule has 0 bridgehead atoms. The Hall–Kier alpha value is -2.67. The van der Waals surface area contributed by atoms with Gasteiger partial charge >= 0.3 is 0 Å². The molecule has 7 heteroatoms. The molecule has 0 radical (unpaired) electrons. The second-order valence-electron chi connectivity index (χ2n) is 8.06. The van der Waals surface area contributed by atoms with Crippen molar-refractivity contribution in [2.45, 2.75) is 32.8 Å². The van der Waals surface area contributed by atoms with E-state index in [0.717, 1.165) is 49.2 Å². The van der Waals surface area contributed by atoms with Gasteiger partial charge in [0.05, 0.1) is 6.61 Å². The lowest BCUT2D eigenvalue weighted by Crippen LogP contribution is -2.50. The van der Waals surface area contributed by atoms with Gasteiger partial charge in [-0.3, -0.25) is 4.79 Å². The molecule has 2 aliphatic rings. The number of benzene rings is 1. The molecule has 2 aromatic rings. The number of carbonyl (C=O) groups excluding carboxylic acids is 1. The van der Waals surface area contributed by atoms with Crippen LogP contribution in [0.3, 0.4) is 0 Å². The first-order valence-corrected chi connectivity index (χ1v) is 10.9. The molecule has 0 N–H and O–H groups in total. The molecule has 160 valence electrons. The SMILES string of the molecule is Cc1cc(N2CCN(C(=O)COCc3ccccc3)CC2)nc(N2CCCCC2)n1. The van der Waals surface area contributed by atoms with Gasteiger partial charge in [0.25, 0.3) is 0 Å². The molecule has 7 nitrogen and oxygen atoms in total. The van der Waals surface area contributed by atoms with Crippen LogP contribution in [0.2, 0.25) is 0 Å². The van der Waals surface area contributed by atoms with Crippen LogP contribution >= 0.6 is 0 Å². The molecule has 2 saturated heterocycles. The van der Waals surface area contributed by atoms with Crippen LogP contribution in [0, 0.1) is 6.92 Å². The van der Waals surface area contributed by atoms with Crippen molar-refractivity contribution in [2.75, 3.05) is 55.7 Å². The van der Waals surface area contributed by atoms with Crippen LogP contribution in [0.4, 0.5) is 11.8 Å². The van der Waals surface area contributed by atoms with E-state index in [1.807, 2.05) is 48.2 Å². The van der Waals surface area contributed by atoms with Crippen LogP contribution < -0.4 is 9.80 Å². The van der Waals surface area contributed by atoms with Gasteiger partial charge in [0.1, 0.15) is 12.4 Å².